The third kappa shape index (κ3) is 25.2. The van der Waals surface area contributed by atoms with Crippen LogP contribution in [0.4, 0.5) is 0 Å². The molecule has 0 fully saturated rings. The molecule has 1 atom stereocenters. The van der Waals surface area contributed by atoms with Gasteiger partial charge in [0.25, 0.3) is 0 Å². The number of hydrogen-bond donors (Lipinski definition) is 2. The minimum Gasteiger partial charge on any atom is -0.498 e. The largest absolute Gasteiger partial charge is 0.498 e. The molecule has 1 unspecified atom stereocenters. The van der Waals surface area contributed by atoms with Crippen LogP contribution in [0.5, 0.6) is 0 Å². The van der Waals surface area contributed by atoms with E-state index in [1.807, 2.05) is 20.8 Å². The van der Waals surface area contributed by atoms with Gasteiger partial charge in [0, 0.05) is 24.8 Å². The highest BCUT2D eigenvalue weighted by Crippen LogP contribution is 2.42. The van der Waals surface area contributed by atoms with E-state index in [0.29, 0.717) is 26.2 Å². The van der Waals surface area contributed by atoms with Crippen molar-refractivity contribution < 1.29 is 23.5 Å². The molecule has 7 heteroatoms. The summed E-state index contributed by atoms with van der Waals surface area (Å²) in [6.07, 6.45) is 25.6. The number of allylic oxidation sites excluding steroid dienone is 1. The molecule has 220 valence electrons. The van der Waals surface area contributed by atoms with E-state index < -0.39 is 13.0 Å². The summed E-state index contributed by atoms with van der Waals surface area (Å²) >= 11 is 0. The monoisotopic (exact) mass is 545 g/mol. The second-order valence-electron chi connectivity index (χ2n) is 11.3. The van der Waals surface area contributed by atoms with Gasteiger partial charge in [-0.25, -0.2) is 0 Å². The van der Waals surface area contributed by atoms with Crippen LogP contribution < -0.4 is 5.32 Å². The zero-order valence-corrected chi connectivity index (χ0v) is 25.7. The van der Waals surface area contributed by atoms with Crippen LogP contribution in [0.1, 0.15) is 137 Å². The van der Waals surface area contributed by atoms with Crippen molar-refractivity contribution in [3.05, 3.63) is 12.3 Å². The Morgan fingerprint density at radius 2 is 1.22 bits per heavy atom. The van der Waals surface area contributed by atoms with E-state index in [1.165, 1.54) is 89.9 Å². The highest BCUT2D eigenvalue weighted by atomic mass is 31.2. The molecule has 0 aliphatic rings. The van der Waals surface area contributed by atoms with E-state index in [9.17, 15) is 9.69 Å². The van der Waals surface area contributed by atoms with Crippen molar-refractivity contribution in [2.45, 2.75) is 137 Å². The van der Waals surface area contributed by atoms with Gasteiger partial charge in [0.15, 0.2) is 0 Å². The zero-order valence-electron chi connectivity index (χ0n) is 24.8. The molecule has 2 N–H and O–H groups in total. The number of ether oxygens (including phenoxy) is 1. The average Bonchev–Trinajstić information content (AvgIpc) is 2.83. The first-order valence-electron chi connectivity index (χ1n) is 14.9. The molecule has 0 rings (SSSR count). The second kappa shape index (κ2) is 23.1. The Hall–Kier alpha value is -0.810. The zero-order chi connectivity index (χ0) is 27.8. The Morgan fingerprint density at radius 1 is 0.757 bits per heavy atom. The number of amides is 1. The standard InChI is InChI=1S/C30H60NO5P/c1-7-8-9-10-11-12-13-14-15-16-17-18-19-20-21-23-28(2)34-25-22-26-35-37(6,33)36-27-24-31-29(32)30(3,4)5/h33H,2,6-27H2,1,3-5H3,(H,31,32). The lowest BCUT2D eigenvalue weighted by Gasteiger charge is -2.20. The number of carbonyl (C=O) groups is 1. The molecule has 0 aromatic carbocycles. The molecule has 0 aliphatic carbocycles. The number of rotatable bonds is 26. The van der Waals surface area contributed by atoms with E-state index in [2.05, 4.69) is 25.1 Å². The van der Waals surface area contributed by atoms with Gasteiger partial charge in [-0.15, -0.1) is 0 Å². The van der Waals surface area contributed by atoms with Gasteiger partial charge in [-0.3, -0.25) is 4.79 Å². The summed E-state index contributed by atoms with van der Waals surface area (Å²) < 4.78 is 16.4. The Kier molecular flexibility index (Phi) is 22.6. The average molecular weight is 546 g/mol. The van der Waals surface area contributed by atoms with Crippen LogP contribution in [0.3, 0.4) is 0 Å². The van der Waals surface area contributed by atoms with Crippen LogP contribution in [0.15, 0.2) is 12.3 Å². The smallest absolute Gasteiger partial charge is 0.248 e. The second-order valence-corrected chi connectivity index (χ2v) is 13.0. The molecule has 0 bridgehead atoms. The van der Waals surface area contributed by atoms with Gasteiger partial charge in [0.1, 0.15) is 0 Å². The number of carbonyl (C=O) groups excluding carboxylic acids is 1. The molecular formula is C30H60NO5P. The summed E-state index contributed by atoms with van der Waals surface area (Å²) in [5.74, 6) is 0.755. The predicted octanol–water partition coefficient (Wildman–Crippen LogP) is 8.55. The molecular weight excluding hydrogens is 485 g/mol. The van der Waals surface area contributed by atoms with Crippen LogP contribution in [0, 0.1) is 5.41 Å². The lowest BCUT2D eigenvalue weighted by atomic mass is 9.96. The van der Waals surface area contributed by atoms with E-state index in [4.69, 9.17) is 13.8 Å². The maximum absolute atomic E-state index is 11.8. The van der Waals surface area contributed by atoms with E-state index in [0.717, 1.165) is 18.6 Å². The van der Waals surface area contributed by atoms with Crippen molar-refractivity contribution in [1.29, 1.82) is 0 Å². The Bertz CT molecular complexity index is 618. The molecule has 37 heavy (non-hydrogen) atoms. The minimum absolute atomic E-state index is 0.0651. The number of unbranched alkanes of at least 4 members (excludes halogenated alkanes) is 14. The van der Waals surface area contributed by atoms with Crippen molar-refractivity contribution in [2.24, 2.45) is 5.41 Å². The summed E-state index contributed by atoms with van der Waals surface area (Å²) in [5.41, 5.74) is -0.456. The molecule has 0 aliphatic heterocycles. The van der Waals surface area contributed by atoms with Crippen LogP contribution in [-0.2, 0) is 18.6 Å². The molecule has 6 nitrogen and oxygen atoms in total. The quantitative estimate of drug-likeness (QED) is 0.0647. The van der Waals surface area contributed by atoms with E-state index >= 15 is 0 Å². The third-order valence-electron chi connectivity index (χ3n) is 6.31. The summed E-state index contributed by atoms with van der Waals surface area (Å²) in [5, 5.41) is 2.76. The molecule has 0 spiro atoms. The molecule has 0 radical (unpaired) electrons. The van der Waals surface area contributed by atoms with Gasteiger partial charge in [-0.1, -0.05) is 124 Å². The van der Waals surface area contributed by atoms with Crippen molar-refractivity contribution in [3.8, 4) is 0 Å². The van der Waals surface area contributed by atoms with Crippen LogP contribution in [0.2, 0.25) is 0 Å². The highest BCUT2D eigenvalue weighted by molar-refractivity contribution is 7.58. The lowest BCUT2D eigenvalue weighted by molar-refractivity contribution is -0.128. The first-order chi connectivity index (χ1) is 17.6. The molecule has 0 heterocycles. The first kappa shape index (κ1) is 36.2. The summed E-state index contributed by atoms with van der Waals surface area (Å²) in [4.78, 5) is 21.9. The number of nitrogens with one attached hydrogen (secondary N) is 1. The fourth-order valence-corrected chi connectivity index (χ4v) is 4.77. The van der Waals surface area contributed by atoms with Gasteiger partial charge in [-0.05, 0) is 12.7 Å². The van der Waals surface area contributed by atoms with Gasteiger partial charge in [-0.2, -0.15) is 0 Å². The molecule has 0 aromatic rings. The maximum atomic E-state index is 11.8. The third-order valence-corrected chi connectivity index (χ3v) is 7.48. The lowest BCUT2D eigenvalue weighted by Crippen LogP contribution is -2.36. The topological polar surface area (TPSA) is 77.0 Å². The van der Waals surface area contributed by atoms with E-state index in [-0.39, 0.29) is 12.5 Å². The molecule has 1 amide bonds. The first-order valence-corrected chi connectivity index (χ1v) is 16.7. The fraction of sp³-hybridized carbons (Fsp3) is 0.867. The number of hydrogen-bond acceptors (Lipinski definition) is 5. The Labute approximate surface area is 229 Å². The molecule has 0 aromatic heterocycles. The van der Waals surface area contributed by atoms with Crippen molar-refractivity contribution >= 4 is 19.8 Å². The summed E-state index contributed by atoms with van der Waals surface area (Å²) in [6, 6.07) is 0. The fourth-order valence-electron chi connectivity index (χ4n) is 3.90. The van der Waals surface area contributed by atoms with Crippen LogP contribution in [0.25, 0.3) is 0 Å². The van der Waals surface area contributed by atoms with Gasteiger partial charge >= 0.3 is 0 Å². The normalized spacial score (nSPS) is 13.3. The minimum atomic E-state index is -3.13. The van der Waals surface area contributed by atoms with Crippen molar-refractivity contribution in [1.82, 2.24) is 5.32 Å². The van der Waals surface area contributed by atoms with E-state index in [1.54, 1.807) is 0 Å². The van der Waals surface area contributed by atoms with Crippen molar-refractivity contribution in [2.75, 3.05) is 26.4 Å². The van der Waals surface area contributed by atoms with Crippen molar-refractivity contribution in [3.63, 3.8) is 0 Å². The molecule has 0 saturated carbocycles. The van der Waals surface area contributed by atoms with Crippen LogP contribution >= 0.6 is 7.57 Å². The SMILES string of the molecule is C=C(CCCCCCCCCCCCCCCCC)OCCCOP(=C)(O)OCCNC(=O)C(C)(C)C. The summed E-state index contributed by atoms with van der Waals surface area (Å²) in [7, 11) is -3.13. The Morgan fingerprint density at radius 3 is 1.70 bits per heavy atom. The predicted molar refractivity (Wildman–Crippen MR) is 160 cm³/mol. The highest BCUT2D eigenvalue weighted by Gasteiger charge is 2.20. The maximum Gasteiger partial charge on any atom is 0.248 e. The van der Waals surface area contributed by atoms with Gasteiger partial charge in [0.2, 0.25) is 13.5 Å². The van der Waals surface area contributed by atoms with Crippen LogP contribution in [-0.4, -0.2) is 43.5 Å². The van der Waals surface area contributed by atoms with Gasteiger partial charge < -0.3 is 24.0 Å². The Balaban J connectivity index is 3.47. The summed E-state index contributed by atoms with van der Waals surface area (Å²) in [6.45, 7) is 13.1. The van der Waals surface area contributed by atoms with Gasteiger partial charge in [0.05, 0.1) is 25.6 Å². The molecule has 0 saturated heterocycles.